The third-order valence-corrected chi connectivity index (χ3v) is 3.63. The Hall–Kier alpha value is -1.54. The number of thiophene rings is 1. The lowest BCUT2D eigenvalue weighted by Gasteiger charge is -1.93. The number of nitrogens with zero attached hydrogens (tertiary/aromatic N) is 3. The monoisotopic (exact) mass is 315 g/mol. The van der Waals surface area contributed by atoms with Crippen molar-refractivity contribution in [1.82, 2.24) is 9.78 Å². The molecule has 17 heavy (non-hydrogen) atoms. The quantitative estimate of drug-likeness (QED) is 0.493. The van der Waals surface area contributed by atoms with Gasteiger partial charge in [-0.1, -0.05) is 0 Å². The predicted molar refractivity (Wildman–Crippen MR) is 65.2 cm³/mol. The summed E-state index contributed by atoms with van der Waals surface area (Å²) in [5.41, 5.74) is 0. The molecule has 88 valence electrons. The average molecular weight is 316 g/mol. The summed E-state index contributed by atoms with van der Waals surface area (Å²) in [4.78, 5) is 22.2. The third kappa shape index (κ3) is 2.77. The summed E-state index contributed by atoms with van der Waals surface area (Å²) < 4.78 is 2.13. The van der Waals surface area contributed by atoms with Crippen LogP contribution in [0.15, 0.2) is 28.2 Å². The van der Waals surface area contributed by atoms with Crippen molar-refractivity contribution in [2.45, 2.75) is 6.54 Å². The number of halogens is 1. The molecular weight excluding hydrogens is 310 g/mol. The molecule has 0 aromatic carbocycles. The van der Waals surface area contributed by atoms with Crippen LogP contribution in [0.2, 0.25) is 0 Å². The Morgan fingerprint density at radius 3 is 2.82 bits per heavy atom. The van der Waals surface area contributed by atoms with Crippen molar-refractivity contribution in [1.29, 1.82) is 0 Å². The summed E-state index contributed by atoms with van der Waals surface area (Å²) in [7, 11) is 0. The number of carbonyl (C=O) groups is 1. The van der Waals surface area contributed by atoms with E-state index in [1.165, 1.54) is 28.3 Å². The van der Waals surface area contributed by atoms with E-state index in [9.17, 15) is 14.9 Å². The third-order valence-electron chi connectivity index (χ3n) is 1.97. The highest BCUT2D eigenvalue weighted by molar-refractivity contribution is 9.11. The zero-order chi connectivity index (χ0) is 12.4. The summed E-state index contributed by atoms with van der Waals surface area (Å²) >= 11 is 4.58. The van der Waals surface area contributed by atoms with Crippen LogP contribution in [0.1, 0.15) is 9.67 Å². The van der Waals surface area contributed by atoms with Gasteiger partial charge >= 0.3 is 5.82 Å². The van der Waals surface area contributed by atoms with Crippen LogP contribution in [0.25, 0.3) is 0 Å². The fourth-order valence-corrected chi connectivity index (χ4v) is 2.54. The Kier molecular flexibility index (Phi) is 3.34. The highest BCUT2D eigenvalue weighted by Gasteiger charge is 2.15. The minimum Gasteiger partial charge on any atom is -0.358 e. The van der Waals surface area contributed by atoms with Gasteiger partial charge in [0.15, 0.2) is 5.78 Å². The molecule has 2 aromatic heterocycles. The van der Waals surface area contributed by atoms with Crippen molar-refractivity contribution in [2.24, 2.45) is 0 Å². The molecule has 0 fully saturated rings. The van der Waals surface area contributed by atoms with E-state index in [0.717, 1.165) is 3.79 Å². The molecule has 0 aliphatic heterocycles. The lowest BCUT2D eigenvalue weighted by molar-refractivity contribution is -0.389. The van der Waals surface area contributed by atoms with E-state index < -0.39 is 4.92 Å². The molecule has 0 bridgehead atoms. The molecule has 0 aliphatic rings. The molecule has 6 nitrogen and oxygen atoms in total. The largest absolute Gasteiger partial charge is 0.389 e. The number of aromatic nitrogens is 2. The summed E-state index contributed by atoms with van der Waals surface area (Å²) in [6.45, 7) is 0.000787. The fraction of sp³-hybridized carbons (Fsp3) is 0.111. The molecule has 8 heteroatoms. The van der Waals surface area contributed by atoms with Crippen LogP contribution >= 0.6 is 27.3 Å². The van der Waals surface area contributed by atoms with E-state index in [0.29, 0.717) is 4.88 Å². The van der Waals surface area contributed by atoms with E-state index in [2.05, 4.69) is 21.0 Å². The van der Waals surface area contributed by atoms with Crippen LogP contribution in [-0.4, -0.2) is 20.5 Å². The van der Waals surface area contributed by atoms with Crippen molar-refractivity contribution < 1.29 is 9.72 Å². The number of nitro groups is 1. The second-order valence-corrected chi connectivity index (χ2v) is 5.62. The summed E-state index contributed by atoms with van der Waals surface area (Å²) in [6, 6.07) is 4.75. The van der Waals surface area contributed by atoms with E-state index in [-0.39, 0.29) is 18.1 Å². The van der Waals surface area contributed by atoms with E-state index in [1.54, 1.807) is 12.1 Å². The molecule has 0 N–H and O–H groups in total. The van der Waals surface area contributed by atoms with Crippen LogP contribution in [-0.2, 0) is 6.54 Å². The number of rotatable bonds is 4. The van der Waals surface area contributed by atoms with E-state index in [4.69, 9.17) is 0 Å². The van der Waals surface area contributed by atoms with Gasteiger partial charge in [-0.15, -0.1) is 11.3 Å². The normalized spacial score (nSPS) is 10.4. The molecule has 0 spiro atoms. The van der Waals surface area contributed by atoms with Gasteiger partial charge in [0.2, 0.25) is 0 Å². The Bertz CT molecular complexity index is 578. The van der Waals surface area contributed by atoms with Gasteiger partial charge in [0.05, 0.1) is 26.0 Å². The first kappa shape index (κ1) is 11.9. The van der Waals surface area contributed by atoms with Gasteiger partial charge in [-0.3, -0.25) is 4.79 Å². The van der Waals surface area contributed by atoms with Gasteiger partial charge in [-0.2, -0.15) is 4.68 Å². The first-order valence-electron chi connectivity index (χ1n) is 4.52. The maximum absolute atomic E-state index is 11.8. The summed E-state index contributed by atoms with van der Waals surface area (Å²) in [5.74, 6) is -0.385. The van der Waals surface area contributed by atoms with Gasteiger partial charge in [0.25, 0.3) is 0 Å². The molecular formula is C9H6BrN3O3S. The maximum Gasteiger partial charge on any atom is 0.389 e. The molecule has 0 saturated heterocycles. The van der Waals surface area contributed by atoms with Crippen LogP contribution in [0.5, 0.6) is 0 Å². The molecule has 0 atom stereocenters. The molecule has 2 aromatic rings. The molecule has 0 unspecified atom stereocenters. The van der Waals surface area contributed by atoms with E-state index >= 15 is 0 Å². The minimum absolute atomic E-state index is 0.000787. The number of hydrogen-bond donors (Lipinski definition) is 0. The van der Waals surface area contributed by atoms with Gasteiger partial charge in [0, 0.05) is 0 Å². The number of hydrogen-bond acceptors (Lipinski definition) is 5. The van der Waals surface area contributed by atoms with Crippen molar-refractivity contribution in [3.8, 4) is 0 Å². The topological polar surface area (TPSA) is 78.0 Å². The zero-order valence-electron chi connectivity index (χ0n) is 8.37. The van der Waals surface area contributed by atoms with Crippen molar-refractivity contribution in [3.63, 3.8) is 0 Å². The number of Topliss-reactive ketones (excluding diaryl/α,β-unsaturated/α-hetero) is 1. The van der Waals surface area contributed by atoms with Crippen LogP contribution in [0, 0.1) is 10.1 Å². The SMILES string of the molecule is O=C(Cn1ccc([N+](=O)[O-])n1)c1ccc(Br)s1. The molecule has 2 rings (SSSR count). The molecule has 2 heterocycles. The minimum atomic E-state index is -0.595. The second-order valence-electron chi connectivity index (χ2n) is 3.16. The molecule has 0 saturated carbocycles. The van der Waals surface area contributed by atoms with Gasteiger partial charge in [0.1, 0.15) is 6.54 Å². The highest BCUT2D eigenvalue weighted by atomic mass is 79.9. The lowest BCUT2D eigenvalue weighted by atomic mass is 10.3. The average Bonchev–Trinajstić information content (AvgIpc) is 2.86. The Balaban J connectivity index is 2.10. The van der Waals surface area contributed by atoms with Gasteiger partial charge in [-0.05, 0) is 33.0 Å². The lowest BCUT2D eigenvalue weighted by Crippen LogP contribution is -2.09. The van der Waals surface area contributed by atoms with Crippen LogP contribution in [0.3, 0.4) is 0 Å². The number of ketones is 1. The first-order chi connectivity index (χ1) is 8.06. The second kappa shape index (κ2) is 4.76. The molecule has 0 amide bonds. The molecule has 0 aliphatic carbocycles. The Morgan fingerprint density at radius 1 is 1.53 bits per heavy atom. The van der Waals surface area contributed by atoms with Crippen molar-refractivity contribution in [3.05, 3.63) is 43.2 Å². The van der Waals surface area contributed by atoms with Crippen LogP contribution in [0.4, 0.5) is 5.82 Å². The Labute approximate surface area is 108 Å². The smallest absolute Gasteiger partial charge is 0.358 e. The van der Waals surface area contributed by atoms with E-state index in [1.807, 2.05) is 0 Å². The Morgan fingerprint density at radius 2 is 2.29 bits per heavy atom. The van der Waals surface area contributed by atoms with Gasteiger partial charge in [-0.25, -0.2) is 0 Å². The van der Waals surface area contributed by atoms with Crippen LogP contribution < -0.4 is 0 Å². The van der Waals surface area contributed by atoms with Crippen molar-refractivity contribution in [2.75, 3.05) is 0 Å². The van der Waals surface area contributed by atoms with Crippen molar-refractivity contribution >= 4 is 38.9 Å². The van der Waals surface area contributed by atoms with Gasteiger partial charge < -0.3 is 10.1 Å². The zero-order valence-corrected chi connectivity index (χ0v) is 10.8. The fourth-order valence-electron chi connectivity index (χ4n) is 1.23. The first-order valence-corrected chi connectivity index (χ1v) is 6.13. The predicted octanol–water partition coefficient (Wildman–Crippen LogP) is 2.50. The summed E-state index contributed by atoms with van der Waals surface area (Å²) in [6.07, 6.45) is 1.42. The highest BCUT2D eigenvalue weighted by Crippen LogP contribution is 2.22. The maximum atomic E-state index is 11.8. The molecule has 0 radical (unpaired) electrons. The summed E-state index contributed by atoms with van der Waals surface area (Å²) in [5, 5.41) is 14.1. The standard InChI is InChI=1S/C9H6BrN3O3S/c10-8-2-1-7(17-8)6(14)5-12-4-3-9(11-12)13(15)16/h1-4H,5H2. The number of carbonyl (C=O) groups excluding carboxylic acids is 1.